The highest BCUT2D eigenvalue weighted by Crippen LogP contribution is 2.28. The third kappa shape index (κ3) is 4.27. The van der Waals surface area contributed by atoms with Crippen LogP contribution in [0.1, 0.15) is 27.7 Å². The van der Waals surface area contributed by atoms with E-state index in [0.717, 1.165) is 28.3 Å². The fraction of sp³-hybridized carbons (Fsp3) is 0.304. The molecule has 166 valence electrons. The Bertz CT molecular complexity index is 1320. The van der Waals surface area contributed by atoms with Crippen LogP contribution in [0.5, 0.6) is 0 Å². The van der Waals surface area contributed by atoms with Crippen LogP contribution < -0.4 is 0 Å². The number of aromatic nitrogens is 2. The Morgan fingerprint density at radius 2 is 1.97 bits per heavy atom. The van der Waals surface area contributed by atoms with Crippen LogP contribution >= 0.6 is 11.3 Å². The zero-order chi connectivity index (χ0) is 22.9. The number of nitriles is 1. The third-order valence-corrected chi connectivity index (χ3v) is 8.31. The molecule has 1 fully saturated rings. The molecule has 3 heterocycles. The second-order valence-electron chi connectivity index (χ2n) is 7.64. The van der Waals surface area contributed by atoms with E-state index in [-0.39, 0.29) is 4.90 Å². The molecule has 0 bridgehead atoms. The van der Waals surface area contributed by atoms with E-state index in [1.54, 1.807) is 18.2 Å². The number of ether oxygens (including phenoxy) is 1. The van der Waals surface area contributed by atoms with Crippen molar-refractivity contribution in [2.45, 2.75) is 25.7 Å². The molecule has 0 aliphatic carbocycles. The molecule has 32 heavy (non-hydrogen) atoms. The quantitative estimate of drug-likeness (QED) is 0.529. The normalized spacial score (nSPS) is 15.6. The summed E-state index contributed by atoms with van der Waals surface area (Å²) in [5.41, 5.74) is 4.92. The molecular formula is C23H24N4O3S2. The van der Waals surface area contributed by atoms with Gasteiger partial charge in [-0.3, -0.25) is 0 Å². The van der Waals surface area contributed by atoms with Gasteiger partial charge in [0.05, 0.1) is 23.7 Å². The first-order valence-electron chi connectivity index (χ1n) is 10.2. The zero-order valence-corrected chi connectivity index (χ0v) is 19.8. The molecule has 3 aromatic rings. The molecule has 1 saturated heterocycles. The Morgan fingerprint density at radius 1 is 1.22 bits per heavy atom. The van der Waals surface area contributed by atoms with Crippen LogP contribution in [0.15, 0.2) is 40.6 Å². The van der Waals surface area contributed by atoms with E-state index in [2.05, 4.69) is 11.1 Å². The lowest BCUT2D eigenvalue weighted by Gasteiger charge is -2.26. The molecule has 1 aliphatic heterocycles. The first-order valence-corrected chi connectivity index (χ1v) is 12.5. The van der Waals surface area contributed by atoms with Gasteiger partial charge in [-0.1, -0.05) is 6.07 Å². The molecule has 1 aromatic carbocycles. The Kier molecular flexibility index (Phi) is 6.31. The average molecular weight is 469 g/mol. The van der Waals surface area contributed by atoms with Gasteiger partial charge in [-0.2, -0.15) is 9.57 Å². The van der Waals surface area contributed by atoms with Crippen LogP contribution in [-0.4, -0.2) is 48.6 Å². The number of hydrogen-bond acceptors (Lipinski definition) is 6. The van der Waals surface area contributed by atoms with Gasteiger partial charge in [0, 0.05) is 41.2 Å². The number of morpholine rings is 1. The molecule has 0 saturated carbocycles. The molecule has 0 spiro atoms. The summed E-state index contributed by atoms with van der Waals surface area (Å²) < 4.78 is 35.0. The predicted molar refractivity (Wildman–Crippen MR) is 125 cm³/mol. The maximum atomic E-state index is 13.1. The number of nitrogens with zero attached hydrogens (tertiary/aromatic N) is 4. The second kappa shape index (κ2) is 9.00. The molecule has 7 nitrogen and oxygen atoms in total. The zero-order valence-electron chi connectivity index (χ0n) is 18.2. The van der Waals surface area contributed by atoms with Crippen LogP contribution in [-0.2, 0) is 14.8 Å². The summed E-state index contributed by atoms with van der Waals surface area (Å²) in [5.74, 6) is 0. The van der Waals surface area contributed by atoms with Gasteiger partial charge in [-0.25, -0.2) is 13.4 Å². The SMILES string of the molecule is Cc1csc(/C(C#N)=C/c2cc(C)n(-c3cccc(S(=O)(=O)N4CCOCC4)c3)c2C)n1. The van der Waals surface area contributed by atoms with Crippen molar-refractivity contribution in [2.75, 3.05) is 26.3 Å². The van der Waals surface area contributed by atoms with E-state index in [1.807, 2.05) is 48.9 Å². The number of allylic oxidation sites excluding steroid dienone is 1. The van der Waals surface area contributed by atoms with Gasteiger partial charge < -0.3 is 9.30 Å². The molecule has 0 unspecified atom stereocenters. The number of aryl methyl sites for hydroxylation is 2. The van der Waals surface area contributed by atoms with Crippen molar-refractivity contribution < 1.29 is 13.2 Å². The van der Waals surface area contributed by atoms with Crippen molar-refractivity contribution in [2.24, 2.45) is 0 Å². The van der Waals surface area contributed by atoms with Crippen molar-refractivity contribution in [3.8, 4) is 11.8 Å². The smallest absolute Gasteiger partial charge is 0.243 e. The van der Waals surface area contributed by atoms with Gasteiger partial charge in [0.1, 0.15) is 11.1 Å². The number of rotatable bonds is 5. The van der Waals surface area contributed by atoms with Crippen LogP contribution in [0.25, 0.3) is 17.3 Å². The molecule has 0 radical (unpaired) electrons. The van der Waals surface area contributed by atoms with Gasteiger partial charge in [0.2, 0.25) is 10.0 Å². The van der Waals surface area contributed by atoms with E-state index >= 15 is 0 Å². The van der Waals surface area contributed by atoms with Crippen molar-refractivity contribution in [3.63, 3.8) is 0 Å². The number of benzene rings is 1. The van der Waals surface area contributed by atoms with Crippen molar-refractivity contribution in [3.05, 3.63) is 63.4 Å². The molecular weight excluding hydrogens is 444 g/mol. The average Bonchev–Trinajstić information content (AvgIpc) is 3.34. The summed E-state index contributed by atoms with van der Waals surface area (Å²) in [4.78, 5) is 4.68. The minimum Gasteiger partial charge on any atom is -0.379 e. The molecule has 0 amide bonds. The molecule has 2 aromatic heterocycles. The molecule has 0 atom stereocenters. The minimum absolute atomic E-state index is 0.262. The lowest BCUT2D eigenvalue weighted by atomic mass is 10.1. The monoisotopic (exact) mass is 468 g/mol. The summed E-state index contributed by atoms with van der Waals surface area (Å²) >= 11 is 1.44. The fourth-order valence-corrected chi connectivity index (χ4v) is 6.04. The lowest BCUT2D eigenvalue weighted by Crippen LogP contribution is -2.40. The topological polar surface area (TPSA) is 88.2 Å². The first-order chi connectivity index (χ1) is 15.3. The van der Waals surface area contributed by atoms with E-state index in [9.17, 15) is 13.7 Å². The Balaban J connectivity index is 1.73. The summed E-state index contributed by atoms with van der Waals surface area (Å²) in [7, 11) is -3.59. The van der Waals surface area contributed by atoms with Crippen LogP contribution in [0, 0.1) is 32.1 Å². The van der Waals surface area contributed by atoms with Gasteiger partial charge >= 0.3 is 0 Å². The Labute approximate surface area is 192 Å². The van der Waals surface area contributed by atoms with Crippen LogP contribution in [0.3, 0.4) is 0 Å². The highest BCUT2D eigenvalue weighted by Gasteiger charge is 2.26. The lowest BCUT2D eigenvalue weighted by molar-refractivity contribution is 0.0730. The molecule has 4 rings (SSSR count). The standard InChI is InChI=1S/C23H24N4O3S2/c1-16-15-31-23(25-16)20(14-24)12-19-11-17(2)27(18(19)3)21-5-4-6-22(13-21)32(28,29)26-7-9-30-10-8-26/h4-6,11-13,15H,7-10H2,1-3H3/b20-12+. The largest absolute Gasteiger partial charge is 0.379 e. The molecule has 1 aliphatic rings. The molecule has 9 heteroatoms. The van der Waals surface area contributed by atoms with Crippen LogP contribution in [0.4, 0.5) is 0 Å². The predicted octanol–water partition coefficient (Wildman–Crippen LogP) is 3.94. The van der Waals surface area contributed by atoms with Gasteiger partial charge in [-0.15, -0.1) is 11.3 Å². The minimum atomic E-state index is -3.59. The van der Waals surface area contributed by atoms with Crippen molar-refractivity contribution in [1.82, 2.24) is 13.9 Å². The summed E-state index contributed by atoms with van der Waals surface area (Å²) in [6.07, 6.45) is 1.84. The second-order valence-corrected chi connectivity index (χ2v) is 10.4. The van der Waals surface area contributed by atoms with Gasteiger partial charge in [-0.05, 0) is 56.7 Å². The number of thiazole rings is 1. The van der Waals surface area contributed by atoms with Crippen molar-refractivity contribution in [1.29, 1.82) is 5.26 Å². The van der Waals surface area contributed by atoms with E-state index < -0.39 is 10.0 Å². The van der Waals surface area contributed by atoms with E-state index in [1.165, 1.54) is 15.6 Å². The van der Waals surface area contributed by atoms with E-state index in [4.69, 9.17) is 4.74 Å². The Morgan fingerprint density at radius 3 is 2.62 bits per heavy atom. The Hall–Kier alpha value is -2.77. The maximum absolute atomic E-state index is 13.1. The van der Waals surface area contributed by atoms with Crippen molar-refractivity contribution >= 4 is 33.0 Å². The first kappa shape index (κ1) is 22.4. The van der Waals surface area contributed by atoms with E-state index in [0.29, 0.717) is 36.9 Å². The summed E-state index contributed by atoms with van der Waals surface area (Å²) in [5, 5.41) is 12.3. The van der Waals surface area contributed by atoms with Crippen LogP contribution in [0.2, 0.25) is 0 Å². The maximum Gasteiger partial charge on any atom is 0.243 e. The highest BCUT2D eigenvalue weighted by molar-refractivity contribution is 7.89. The third-order valence-electron chi connectivity index (χ3n) is 5.42. The molecule has 0 N–H and O–H groups in total. The van der Waals surface area contributed by atoms with Gasteiger partial charge in [0.15, 0.2) is 0 Å². The number of sulfonamides is 1. The summed E-state index contributed by atoms with van der Waals surface area (Å²) in [6.45, 7) is 7.36. The number of hydrogen-bond donors (Lipinski definition) is 0. The highest BCUT2D eigenvalue weighted by atomic mass is 32.2. The summed E-state index contributed by atoms with van der Waals surface area (Å²) in [6, 6.07) is 11.2. The van der Waals surface area contributed by atoms with Gasteiger partial charge in [0.25, 0.3) is 0 Å². The fourth-order valence-electron chi connectivity index (χ4n) is 3.83.